The number of anilines is 4. The Kier molecular flexibility index (Phi) is 8.70. The summed E-state index contributed by atoms with van der Waals surface area (Å²) in [5.74, 6) is -0.849. The third kappa shape index (κ3) is 6.18. The first kappa shape index (κ1) is 34.1. The van der Waals surface area contributed by atoms with Crippen LogP contribution in [-0.4, -0.2) is 66.9 Å². The van der Waals surface area contributed by atoms with Crippen LogP contribution in [0.4, 0.5) is 32.1 Å². The van der Waals surface area contributed by atoms with Crippen LogP contribution in [0.15, 0.2) is 85.2 Å². The molecule has 8 rings (SSSR count). The number of rotatable bonds is 10. The first-order valence-corrected chi connectivity index (χ1v) is 17.3. The number of aromatic nitrogens is 6. The summed E-state index contributed by atoms with van der Waals surface area (Å²) in [5.41, 5.74) is 12.3. The van der Waals surface area contributed by atoms with Gasteiger partial charge in [0.15, 0.2) is 22.9 Å². The Hall–Kier alpha value is -6.00. The standard InChI is InChI=1S/C37H37F2N11O3/c1-53-37(41,20-29(40)51)36(52)48(34-21-42-30-12-14-32(44-49(30)34)46-16-4-10-27(46)23-6-2-8-25(38)18-23)35-22-43-31-13-15-33(45-50(31)35)47-17-5-11-28(47)24-7-3-9-26(39)19-24/h2-3,6-9,12-15,18-19,21-22,27-28H,4-5,10-11,16-17,20,41H2,1H3,(H2,40,51). The average Bonchev–Trinajstić information content (AvgIpc) is 3.98. The van der Waals surface area contributed by atoms with Crippen LogP contribution < -0.4 is 26.2 Å². The quantitative estimate of drug-likeness (QED) is 0.191. The van der Waals surface area contributed by atoms with Gasteiger partial charge in [0.2, 0.25) is 11.6 Å². The topological polar surface area (TPSA) is 166 Å². The lowest BCUT2D eigenvalue weighted by molar-refractivity contribution is -0.144. The zero-order valence-electron chi connectivity index (χ0n) is 28.8. The molecule has 272 valence electrons. The Morgan fingerprint density at radius 2 is 1.30 bits per heavy atom. The molecule has 2 aromatic carbocycles. The Labute approximate surface area is 302 Å². The van der Waals surface area contributed by atoms with E-state index in [2.05, 4.69) is 19.8 Å². The second kappa shape index (κ2) is 13.5. The summed E-state index contributed by atoms with van der Waals surface area (Å²) in [6.07, 6.45) is 5.62. The number of methoxy groups -OCH3 is 1. The smallest absolute Gasteiger partial charge is 0.281 e. The van der Waals surface area contributed by atoms with Crippen LogP contribution >= 0.6 is 0 Å². The van der Waals surface area contributed by atoms with Crippen LogP contribution in [-0.2, 0) is 14.3 Å². The van der Waals surface area contributed by atoms with Crippen LogP contribution in [0.25, 0.3) is 11.3 Å². The largest absolute Gasteiger partial charge is 0.370 e. The third-order valence-electron chi connectivity index (χ3n) is 10.0. The molecule has 2 aliphatic rings. The van der Waals surface area contributed by atoms with Crippen LogP contribution in [0.5, 0.6) is 0 Å². The zero-order valence-corrected chi connectivity index (χ0v) is 28.8. The van der Waals surface area contributed by atoms with Gasteiger partial charge in [0.25, 0.3) is 5.91 Å². The number of carbonyl (C=O) groups is 2. The second-order valence-corrected chi connectivity index (χ2v) is 13.3. The van der Waals surface area contributed by atoms with E-state index in [1.165, 1.54) is 57.7 Å². The van der Waals surface area contributed by atoms with E-state index in [0.717, 1.165) is 36.8 Å². The van der Waals surface area contributed by atoms with E-state index < -0.39 is 24.0 Å². The fourth-order valence-electron chi connectivity index (χ4n) is 7.53. The predicted octanol–water partition coefficient (Wildman–Crippen LogP) is 4.57. The number of nitrogens with two attached hydrogens (primary N) is 2. The normalized spacial score (nSPS) is 18.6. The number of benzene rings is 2. The van der Waals surface area contributed by atoms with Gasteiger partial charge in [0.05, 0.1) is 30.9 Å². The maximum atomic E-state index is 14.7. The van der Waals surface area contributed by atoms with E-state index >= 15 is 0 Å². The summed E-state index contributed by atoms with van der Waals surface area (Å²) in [6.45, 7) is 1.35. The SMILES string of the molecule is COC(N)(CC(N)=O)C(=O)N(c1cnc2ccc(N3CCCC3c3cccc(F)c3)nn12)c1cnc2ccc(N3CCCC3c3cccc(F)c3)nn12. The van der Waals surface area contributed by atoms with Crippen molar-refractivity contribution in [3.63, 3.8) is 0 Å². The van der Waals surface area contributed by atoms with E-state index in [9.17, 15) is 18.4 Å². The molecule has 0 saturated carbocycles. The lowest BCUT2D eigenvalue weighted by Crippen LogP contribution is -2.58. The van der Waals surface area contributed by atoms with Crippen LogP contribution in [0.1, 0.15) is 55.3 Å². The minimum absolute atomic E-state index is 0.121. The highest BCUT2D eigenvalue weighted by atomic mass is 19.1. The number of nitrogens with zero attached hydrogens (tertiary/aromatic N) is 9. The van der Waals surface area contributed by atoms with Crippen molar-refractivity contribution in [2.24, 2.45) is 11.5 Å². The van der Waals surface area contributed by atoms with Gasteiger partial charge in [0, 0.05) is 20.2 Å². The summed E-state index contributed by atoms with van der Waals surface area (Å²) in [5, 5.41) is 9.88. The lowest BCUT2D eigenvalue weighted by Gasteiger charge is -2.31. The van der Waals surface area contributed by atoms with Gasteiger partial charge < -0.3 is 20.3 Å². The fraction of sp³-hybridized carbons (Fsp3) is 0.297. The number of ether oxygens (including phenoxy) is 1. The van der Waals surface area contributed by atoms with Gasteiger partial charge in [-0.1, -0.05) is 24.3 Å². The average molecular weight is 722 g/mol. The molecule has 0 radical (unpaired) electrons. The Morgan fingerprint density at radius 3 is 1.74 bits per heavy atom. The Morgan fingerprint density at radius 1 is 0.811 bits per heavy atom. The molecule has 3 atom stereocenters. The number of primary amides is 1. The molecule has 53 heavy (non-hydrogen) atoms. The molecule has 16 heteroatoms. The van der Waals surface area contributed by atoms with Gasteiger partial charge in [-0.3, -0.25) is 15.3 Å². The van der Waals surface area contributed by atoms with Gasteiger partial charge in [-0.15, -0.1) is 10.2 Å². The molecular weight excluding hydrogens is 684 g/mol. The highest BCUT2D eigenvalue weighted by Gasteiger charge is 2.43. The zero-order chi connectivity index (χ0) is 36.9. The number of carbonyl (C=O) groups excluding carboxylic acids is 2. The predicted molar refractivity (Wildman–Crippen MR) is 192 cm³/mol. The minimum atomic E-state index is -2.19. The van der Waals surface area contributed by atoms with Crippen molar-refractivity contribution in [2.75, 3.05) is 34.9 Å². The van der Waals surface area contributed by atoms with Gasteiger partial charge >= 0.3 is 0 Å². The molecule has 14 nitrogen and oxygen atoms in total. The fourth-order valence-corrected chi connectivity index (χ4v) is 7.53. The molecule has 0 bridgehead atoms. The maximum absolute atomic E-state index is 14.7. The molecular formula is C37H37F2N11O3. The van der Waals surface area contributed by atoms with Crippen LogP contribution in [0.3, 0.4) is 0 Å². The monoisotopic (exact) mass is 721 g/mol. The Bertz CT molecular complexity index is 2210. The van der Waals surface area contributed by atoms with Gasteiger partial charge in [0.1, 0.15) is 23.3 Å². The lowest BCUT2D eigenvalue weighted by atomic mass is 10.0. The minimum Gasteiger partial charge on any atom is -0.370 e. The number of fused-ring (bicyclic) bond motifs is 2. The number of hydrogen-bond acceptors (Lipinski definition) is 10. The summed E-state index contributed by atoms with van der Waals surface area (Å²) in [4.78, 5) is 41.4. The molecule has 2 amide bonds. The molecule has 3 unspecified atom stereocenters. The molecule has 2 aliphatic heterocycles. The van der Waals surface area contributed by atoms with Crippen LogP contribution in [0.2, 0.25) is 0 Å². The van der Waals surface area contributed by atoms with E-state index in [-0.39, 0.29) is 35.4 Å². The van der Waals surface area contributed by atoms with E-state index in [4.69, 9.17) is 26.4 Å². The molecule has 0 aliphatic carbocycles. The van der Waals surface area contributed by atoms with Crippen molar-refractivity contribution in [2.45, 2.75) is 49.9 Å². The molecule has 6 aromatic rings. The second-order valence-electron chi connectivity index (χ2n) is 13.3. The highest BCUT2D eigenvalue weighted by molar-refractivity contribution is 6.06. The van der Waals surface area contributed by atoms with Gasteiger partial charge in [-0.2, -0.15) is 9.03 Å². The van der Waals surface area contributed by atoms with Gasteiger partial charge in [-0.25, -0.2) is 23.6 Å². The number of hydrogen-bond donors (Lipinski definition) is 2. The van der Waals surface area contributed by atoms with Crippen molar-refractivity contribution >= 4 is 46.4 Å². The van der Waals surface area contributed by atoms with Crippen molar-refractivity contribution < 1.29 is 23.1 Å². The summed E-state index contributed by atoms with van der Waals surface area (Å²) < 4.78 is 37.0. The summed E-state index contributed by atoms with van der Waals surface area (Å²) in [6, 6.07) is 20.0. The Balaban J connectivity index is 1.25. The third-order valence-corrected chi connectivity index (χ3v) is 10.0. The first-order chi connectivity index (χ1) is 25.6. The molecule has 2 saturated heterocycles. The molecule has 4 N–H and O–H groups in total. The van der Waals surface area contributed by atoms with Gasteiger partial charge in [-0.05, 0) is 85.3 Å². The molecule has 6 heterocycles. The van der Waals surface area contributed by atoms with Crippen molar-refractivity contribution in [3.05, 3.63) is 108 Å². The molecule has 2 fully saturated rings. The summed E-state index contributed by atoms with van der Waals surface area (Å²) >= 11 is 0. The summed E-state index contributed by atoms with van der Waals surface area (Å²) in [7, 11) is 1.22. The first-order valence-electron chi connectivity index (χ1n) is 17.3. The van der Waals surface area contributed by atoms with E-state index in [0.29, 0.717) is 36.0 Å². The van der Waals surface area contributed by atoms with Crippen molar-refractivity contribution in [3.8, 4) is 0 Å². The van der Waals surface area contributed by atoms with Crippen molar-refractivity contribution in [1.82, 2.24) is 29.2 Å². The molecule has 0 spiro atoms. The van der Waals surface area contributed by atoms with E-state index in [1.54, 1.807) is 24.3 Å². The highest BCUT2D eigenvalue weighted by Crippen LogP contribution is 2.38. The number of imidazole rings is 2. The van der Waals surface area contributed by atoms with Crippen molar-refractivity contribution in [1.29, 1.82) is 0 Å². The number of halogens is 2. The van der Waals surface area contributed by atoms with E-state index in [1.807, 2.05) is 24.3 Å². The van der Waals surface area contributed by atoms with Crippen LogP contribution in [0, 0.1) is 11.6 Å². The molecule has 4 aromatic heterocycles. The maximum Gasteiger partial charge on any atom is 0.281 e. The number of amides is 2.